The van der Waals surface area contributed by atoms with Crippen molar-refractivity contribution in [3.63, 3.8) is 0 Å². The zero-order valence-corrected chi connectivity index (χ0v) is 16.3. The zero-order chi connectivity index (χ0) is 19.1. The molecule has 0 spiro atoms. The summed E-state index contributed by atoms with van der Waals surface area (Å²) in [6.07, 6.45) is 4.86. The van der Waals surface area contributed by atoms with Crippen molar-refractivity contribution in [3.05, 3.63) is 59.2 Å². The number of fused-ring (bicyclic) bond motifs is 1. The lowest BCUT2D eigenvalue weighted by molar-refractivity contribution is -0.128. The summed E-state index contributed by atoms with van der Waals surface area (Å²) >= 11 is 0. The first-order valence-corrected chi connectivity index (χ1v) is 9.98. The largest absolute Gasteiger partial charge is 0.494 e. The van der Waals surface area contributed by atoms with Crippen molar-refractivity contribution in [2.45, 2.75) is 58.6 Å². The second-order valence-electron chi connectivity index (χ2n) is 6.91. The maximum atomic E-state index is 12.6. The van der Waals surface area contributed by atoms with Crippen LogP contribution in [-0.4, -0.2) is 18.6 Å². The highest BCUT2D eigenvalue weighted by molar-refractivity contribution is 5.81. The molecule has 0 radical (unpaired) electrons. The fourth-order valence-electron chi connectivity index (χ4n) is 3.51. The van der Waals surface area contributed by atoms with Gasteiger partial charge in [0.2, 0.25) is 0 Å². The second kappa shape index (κ2) is 9.45. The molecule has 0 aliphatic heterocycles. The van der Waals surface area contributed by atoms with Gasteiger partial charge in [-0.15, -0.1) is 0 Å². The molecule has 1 aliphatic carbocycles. The van der Waals surface area contributed by atoms with Crippen LogP contribution in [0.3, 0.4) is 0 Å². The van der Waals surface area contributed by atoms with Crippen molar-refractivity contribution in [2.75, 3.05) is 6.61 Å². The Balaban J connectivity index is 1.61. The van der Waals surface area contributed by atoms with E-state index in [-0.39, 0.29) is 5.91 Å². The Morgan fingerprint density at radius 2 is 1.85 bits per heavy atom. The molecule has 2 aromatic carbocycles. The summed E-state index contributed by atoms with van der Waals surface area (Å²) in [7, 11) is 0. The van der Waals surface area contributed by atoms with Gasteiger partial charge in [0.1, 0.15) is 11.5 Å². The summed E-state index contributed by atoms with van der Waals surface area (Å²) in [6.45, 7) is 4.95. The van der Waals surface area contributed by atoms with E-state index in [1.165, 1.54) is 24.0 Å². The predicted octanol–water partition coefficient (Wildman–Crippen LogP) is 4.44. The lowest BCUT2D eigenvalue weighted by Crippen LogP contribution is -2.37. The van der Waals surface area contributed by atoms with Gasteiger partial charge in [-0.1, -0.05) is 31.2 Å². The van der Waals surface area contributed by atoms with Crippen LogP contribution in [0.1, 0.15) is 49.8 Å². The van der Waals surface area contributed by atoms with Crippen molar-refractivity contribution in [2.24, 2.45) is 0 Å². The Morgan fingerprint density at radius 3 is 2.63 bits per heavy atom. The minimum Gasteiger partial charge on any atom is -0.494 e. The number of benzene rings is 2. The first-order chi connectivity index (χ1) is 13.2. The van der Waals surface area contributed by atoms with Gasteiger partial charge in [0.25, 0.3) is 5.91 Å². The molecule has 27 heavy (non-hydrogen) atoms. The lowest BCUT2D eigenvalue weighted by Gasteiger charge is -2.20. The first-order valence-electron chi connectivity index (χ1n) is 9.98. The number of rotatable bonds is 8. The summed E-state index contributed by atoms with van der Waals surface area (Å²) in [5.41, 5.74) is 3.75. The Labute approximate surface area is 161 Å². The Hall–Kier alpha value is -2.49. The van der Waals surface area contributed by atoms with Gasteiger partial charge < -0.3 is 14.8 Å². The molecule has 3 rings (SSSR count). The number of carbonyl (C=O) groups excluding carboxylic acids is 1. The van der Waals surface area contributed by atoms with Crippen molar-refractivity contribution >= 4 is 5.91 Å². The number of aryl methyl sites for hydroxylation is 2. The molecule has 4 nitrogen and oxygen atoms in total. The van der Waals surface area contributed by atoms with E-state index >= 15 is 0 Å². The van der Waals surface area contributed by atoms with E-state index in [0.29, 0.717) is 19.6 Å². The number of amides is 1. The predicted molar refractivity (Wildman–Crippen MR) is 107 cm³/mol. The second-order valence-corrected chi connectivity index (χ2v) is 6.91. The van der Waals surface area contributed by atoms with Crippen LogP contribution in [0, 0.1) is 0 Å². The van der Waals surface area contributed by atoms with Crippen molar-refractivity contribution < 1.29 is 14.3 Å². The average Bonchev–Trinajstić information content (AvgIpc) is 2.71. The summed E-state index contributed by atoms with van der Waals surface area (Å²) in [4.78, 5) is 12.6. The van der Waals surface area contributed by atoms with Crippen LogP contribution in [0.5, 0.6) is 11.5 Å². The molecule has 0 saturated carbocycles. The molecule has 1 N–H and O–H groups in total. The molecular weight excluding hydrogens is 338 g/mol. The molecule has 4 heteroatoms. The number of hydrogen-bond donors (Lipinski definition) is 1. The molecule has 0 bridgehead atoms. The molecular formula is C23H29NO3. The maximum absolute atomic E-state index is 12.6. The molecule has 1 atom stereocenters. The fraction of sp³-hybridized carbons (Fsp3) is 0.435. The van der Waals surface area contributed by atoms with Crippen molar-refractivity contribution in [1.29, 1.82) is 0 Å². The van der Waals surface area contributed by atoms with Gasteiger partial charge in [0.05, 0.1) is 6.61 Å². The third kappa shape index (κ3) is 5.03. The molecule has 1 amide bonds. The van der Waals surface area contributed by atoms with Gasteiger partial charge in [-0.25, -0.2) is 0 Å². The Bertz CT molecular complexity index is 772. The molecule has 0 heterocycles. The van der Waals surface area contributed by atoms with Crippen LogP contribution in [0.2, 0.25) is 0 Å². The lowest BCUT2D eigenvalue weighted by atomic mass is 9.92. The van der Waals surface area contributed by atoms with Crippen LogP contribution < -0.4 is 14.8 Å². The summed E-state index contributed by atoms with van der Waals surface area (Å²) in [5, 5.41) is 2.99. The molecule has 2 aromatic rings. The molecule has 0 unspecified atom stereocenters. The highest BCUT2D eigenvalue weighted by Crippen LogP contribution is 2.26. The number of para-hydroxylation sites is 1. The van der Waals surface area contributed by atoms with E-state index in [2.05, 4.69) is 17.4 Å². The first kappa shape index (κ1) is 19.3. The van der Waals surface area contributed by atoms with Crippen LogP contribution in [0.4, 0.5) is 0 Å². The van der Waals surface area contributed by atoms with E-state index < -0.39 is 6.10 Å². The van der Waals surface area contributed by atoms with Gasteiger partial charge in [-0.2, -0.15) is 0 Å². The average molecular weight is 367 g/mol. The third-order valence-electron chi connectivity index (χ3n) is 4.99. The van der Waals surface area contributed by atoms with Gasteiger partial charge in [0.15, 0.2) is 6.10 Å². The Morgan fingerprint density at radius 1 is 1.07 bits per heavy atom. The topological polar surface area (TPSA) is 47.6 Å². The maximum Gasteiger partial charge on any atom is 0.261 e. The van der Waals surface area contributed by atoms with Crippen LogP contribution in [0.15, 0.2) is 42.5 Å². The van der Waals surface area contributed by atoms with Gasteiger partial charge in [-0.3, -0.25) is 4.79 Å². The SMILES string of the molecule is CCOc1ccccc1CNC(=O)[C@@H](CC)Oc1ccc2c(c1)CCCC2. The number of carbonyl (C=O) groups is 1. The summed E-state index contributed by atoms with van der Waals surface area (Å²) in [5.74, 6) is 1.50. The van der Waals surface area contributed by atoms with E-state index in [4.69, 9.17) is 9.47 Å². The summed E-state index contributed by atoms with van der Waals surface area (Å²) < 4.78 is 11.6. The quantitative estimate of drug-likeness (QED) is 0.750. The number of ether oxygens (including phenoxy) is 2. The molecule has 0 aromatic heterocycles. The van der Waals surface area contributed by atoms with E-state index in [9.17, 15) is 4.79 Å². The highest BCUT2D eigenvalue weighted by Gasteiger charge is 2.19. The third-order valence-corrected chi connectivity index (χ3v) is 4.99. The van der Waals surface area contributed by atoms with Gasteiger partial charge >= 0.3 is 0 Å². The van der Waals surface area contributed by atoms with Gasteiger partial charge in [-0.05, 0) is 68.4 Å². The van der Waals surface area contributed by atoms with E-state index in [1.807, 2.05) is 44.2 Å². The van der Waals surface area contributed by atoms with Gasteiger partial charge in [0, 0.05) is 12.1 Å². The smallest absolute Gasteiger partial charge is 0.261 e. The van der Waals surface area contributed by atoms with Crippen LogP contribution >= 0.6 is 0 Å². The molecule has 0 fully saturated rings. The monoisotopic (exact) mass is 367 g/mol. The number of nitrogens with one attached hydrogen (secondary N) is 1. The molecule has 0 saturated heterocycles. The standard InChI is InChI=1S/C23H29NO3/c1-3-21(27-20-14-13-17-9-5-6-10-18(17)15-20)23(25)24-16-19-11-7-8-12-22(19)26-4-2/h7-8,11-15,21H,3-6,9-10,16H2,1-2H3,(H,24,25)/t21-/m1/s1. The molecule has 1 aliphatic rings. The minimum atomic E-state index is -0.495. The van der Waals surface area contributed by atoms with E-state index in [0.717, 1.165) is 29.9 Å². The summed E-state index contributed by atoms with van der Waals surface area (Å²) in [6, 6.07) is 14.0. The zero-order valence-electron chi connectivity index (χ0n) is 16.3. The highest BCUT2D eigenvalue weighted by atomic mass is 16.5. The van der Waals surface area contributed by atoms with Crippen molar-refractivity contribution in [1.82, 2.24) is 5.32 Å². The van der Waals surface area contributed by atoms with Crippen LogP contribution in [0.25, 0.3) is 0 Å². The van der Waals surface area contributed by atoms with E-state index in [1.54, 1.807) is 0 Å². The van der Waals surface area contributed by atoms with Crippen LogP contribution in [-0.2, 0) is 24.2 Å². The normalized spacial score (nSPS) is 14.1. The molecule has 144 valence electrons. The minimum absolute atomic E-state index is 0.0958. The van der Waals surface area contributed by atoms with Crippen molar-refractivity contribution in [3.8, 4) is 11.5 Å². The fourth-order valence-corrected chi connectivity index (χ4v) is 3.51. The number of hydrogen-bond acceptors (Lipinski definition) is 3. The Kier molecular flexibility index (Phi) is 6.74.